The Morgan fingerprint density at radius 2 is 1.60 bits per heavy atom. The average molecular weight is 213 g/mol. The molecule has 15 heavy (non-hydrogen) atoms. The van der Waals surface area contributed by atoms with Gasteiger partial charge < -0.3 is 10.5 Å². The Kier molecular flexibility index (Phi) is 7.03. The van der Waals surface area contributed by atoms with Crippen LogP contribution in [0.3, 0.4) is 0 Å². The van der Waals surface area contributed by atoms with Gasteiger partial charge in [0.2, 0.25) is 0 Å². The van der Waals surface area contributed by atoms with Crippen molar-refractivity contribution in [3.8, 4) is 0 Å². The van der Waals surface area contributed by atoms with Crippen LogP contribution in [0, 0.1) is 0 Å². The van der Waals surface area contributed by atoms with Gasteiger partial charge in [0.1, 0.15) is 0 Å². The zero-order chi connectivity index (χ0) is 10.9. The highest BCUT2D eigenvalue weighted by Gasteiger charge is 2.25. The van der Waals surface area contributed by atoms with E-state index in [1.165, 1.54) is 44.9 Å². The zero-order valence-corrected chi connectivity index (χ0v) is 10.2. The van der Waals surface area contributed by atoms with Gasteiger partial charge >= 0.3 is 0 Å². The summed E-state index contributed by atoms with van der Waals surface area (Å²) in [4.78, 5) is 0. The van der Waals surface area contributed by atoms with Gasteiger partial charge in [-0.3, -0.25) is 0 Å². The number of hydrogen-bond acceptors (Lipinski definition) is 2. The summed E-state index contributed by atoms with van der Waals surface area (Å²) in [7, 11) is 0. The van der Waals surface area contributed by atoms with E-state index in [0.29, 0.717) is 12.1 Å². The van der Waals surface area contributed by atoms with Crippen molar-refractivity contribution < 1.29 is 4.74 Å². The number of unbranched alkanes of at least 4 members (excludes halogenated alkanes) is 6. The summed E-state index contributed by atoms with van der Waals surface area (Å²) in [5.74, 6) is 0. The van der Waals surface area contributed by atoms with E-state index in [-0.39, 0.29) is 0 Å². The first-order valence-electron chi connectivity index (χ1n) is 6.70. The summed E-state index contributed by atoms with van der Waals surface area (Å²) in [6.07, 6.45) is 12.2. The Morgan fingerprint density at radius 1 is 1.00 bits per heavy atom. The maximum absolute atomic E-state index is 5.70. The molecular weight excluding hydrogens is 186 g/mol. The summed E-state index contributed by atoms with van der Waals surface area (Å²) in [6.45, 7) is 3.21. The molecule has 0 spiro atoms. The van der Waals surface area contributed by atoms with Gasteiger partial charge in [0.15, 0.2) is 0 Å². The molecule has 0 atom stereocenters. The molecule has 1 fully saturated rings. The summed E-state index contributed by atoms with van der Waals surface area (Å²) in [5, 5.41) is 0. The number of hydrogen-bond donors (Lipinski definition) is 1. The lowest BCUT2D eigenvalue weighted by molar-refractivity contribution is -0.00985. The van der Waals surface area contributed by atoms with Gasteiger partial charge in [-0.2, -0.15) is 0 Å². The van der Waals surface area contributed by atoms with Crippen molar-refractivity contribution in [2.24, 2.45) is 5.73 Å². The molecule has 0 aromatic carbocycles. The van der Waals surface area contributed by atoms with E-state index in [1.54, 1.807) is 0 Å². The SMILES string of the molecule is CCCCCCCCCOC1CC(N)C1. The van der Waals surface area contributed by atoms with Crippen LogP contribution in [-0.2, 0) is 4.74 Å². The standard InChI is InChI=1S/C13H27NO/c1-2-3-4-5-6-7-8-9-15-13-10-12(14)11-13/h12-13H,2-11,14H2,1H3. The van der Waals surface area contributed by atoms with Crippen molar-refractivity contribution in [3.63, 3.8) is 0 Å². The molecule has 0 heterocycles. The maximum Gasteiger partial charge on any atom is 0.0604 e. The predicted molar refractivity (Wildman–Crippen MR) is 64.9 cm³/mol. The first-order chi connectivity index (χ1) is 7.33. The molecule has 0 bridgehead atoms. The quantitative estimate of drug-likeness (QED) is 0.597. The number of ether oxygens (including phenoxy) is 1. The van der Waals surface area contributed by atoms with Crippen LogP contribution in [0.25, 0.3) is 0 Å². The lowest BCUT2D eigenvalue weighted by Gasteiger charge is -2.32. The zero-order valence-electron chi connectivity index (χ0n) is 10.2. The van der Waals surface area contributed by atoms with Gasteiger partial charge in [-0.05, 0) is 19.3 Å². The molecule has 0 radical (unpaired) electrons. The van der Waals surface area contributed by atoms with Gasteiger partial charge in [-0.25, -0.2) is 0 Å². The highest BCUT2D eigenvalue weighted by Crippen LogP contribution is 2.21. The Bertz CT molecular complexity index is 143. The van der Waals surface area contributed by atoms with Crippen molar-refractivity contribution >= 4 is 0 Å². The molecule has 0 unspecified atom stereocenters. The normalized spacial score (nSPS) is 25.2. The number of nitrogens with two attached hydrogens (primary N) is 1. The lowest BCUT2D eigenvalue weighted by Crippen LogP contribution is -2.41. The van der Waals surface area contributed by atoms with E-state index in [2.05, 4.69) is 6.92 Å². The molecule has 1 saturated carbocycles. The van der Waals surface area contributed by atoms with Crippen LogP contribution in [0.2, 0.25) is 0 Å². The van der Waals surface area contributed by atoms with Crippen molar-refractivity contribution in [2.75, 3.05) is 6.61 Å². The van der Waals surface area contributed by atoms with Gasteiger partial charge in [0, 0.05) is 12.6 Å². The largest absolute Gasteiger partial charge is 0.378 e. The first-order valence-corrected chi connectivity index (χ1v) is 6.70. The monoisotopic (exact) mass is 213 g/mol. The molecule has 1 rings (SSSR count). The van der Waals surface area contributed by atoms with Crippen LogP contribution in [0.4, 0.5) is 0 Å². The maximum atomic E-state index is 5.70. The topological polar surface area (TPSA) is 35.2 Å². The van der Waals surface area contributed by atoms with Crippen LogP contribution in [0.5, 0.6) is 0 Å². The third kappa shape index (κ3) is 6.16. The summed E-state index contributed by atoms with van der Waals surface area (Å²) >= 11 is 0. The van der Waals surface area contributed by atoms with Crippen molar-refractivity contribution in [1.82, 2.24) is 0 Å². The van der Waals surface area contributed by atoms with E-state index in [1.807, 2.05) is 0 Å². The lowest BCUT2D eigenvalue weighted by atomic mass is 9.90. The van der Waals surface area contributed by atoms with Crippen molar-refractivity contribution in [3.05, 3.63) is 0 Å². The molecule has 1 aliphatic carbocycles. The van der Waals surface area contributed by atoms with Crippen LogP contribution in [-0.4, -0.2) is 18.8 Å². The minimum absolute atomic E-state index is 0.420. The molecule has 0 aromatic heterocycles. The molecular formula is C13H27NO. The van der Waals surface area contributed by atoms with Crippen molar-refractivity contribution in [2.45, 2.75) is 76.9 Å². The second-order valence-electron chi connectivity index (χ2n) is 4.85. The van der Waals surface area contributed by atoms with Gasteiger partial charge in [-0.1, -0.05) is 45.4 Å². The second kappa shape index (κ2) is 8.12. The first kappa shape index (κ1) is 13.0. The van der Waals surface area contributed by atoms with Crippen molar-refractivity contribution in [1.29, 1.82) is 0 Å². The molecule has 2 N–H and O–H groups in total. The van der Waals surface area contributed by atoms with E-state index < -0.39 is 0 Å². The van der Waals surface area contributed by atoms with E-state index in [4.69, 9.17) is 10.5 Å². The summed E-state index contributed by atoms with van der Waals surface area (Å²) in [6, 6.07) is 0.420. The van der Waals surface area contributed by atoms with Crippen LogP contribution < -0.4 is 5.73 Å². The summed E-state index contributed by atoms with van der Waals surface area (Å²) < 4.78 is 5.70. The third-order valence-corrected chi connectivity index (χ3v) is 3.23. The highest BCUT2D eigenvalue weighted by molar-refractivity contribution is 4.82. The van der Waals surface area contributed by atoms with Crippen LogP contribution >= 0.6 is 0 Å². The fourth-order valence-electron chi connectivity index (χ4n) is 2.05. The molecule has 0 amide bonds. The van der Waals surface area contributed by atoms with Gasteiger partial charge in [0.25, 0.3) is 0 Å². The minimum atomic E-state index is 0.420. The van der Waals surface area contributed by atoms with E-state index in [9.17, 15) is 0 Å². The predicted octanol–water partition coefficient (Wildman–Crippen LogP) is 3.24. The van der Waals surface area contributed by atoms with Crippen LogP contribution in [0.1, 0.15) is 64.7 Å². The molecule has 0 saturated heterocycles. The van der Waals surface area contributed by atoms with Crippen LogP contribution in [0.15, 0.2) is 0 Å². The second-order valence-corrected chi connectivity index (χ2v) is 4.85. The smallest absolute Gasteiger partial charge is 0.0604 e. The molecule has 1 aliphatic rings. The average Bonchev–Trinajstić information content (AvgIpc) is 2.19. The molecule has 0 aliphatic heterocycles. The Labute approximate surface area is 94.6 Å². The fraction of sp³-hybridized carbons (Fsp3) is 1.00. The minimum Gasteiger partial charge on any atom is -0.378 e. The van der Waals surface area contributed by atoms with Gasteiger partial charge in [0.05, 0.1) is 6.10 Å². The Balaban J connectivity index is 1.70. The Morgan fingerprint density at radius 3 is 2.20 bits per heavy atom. The third-order valence-electron chi connectivity index (χ3n) is 3.23. The number of rotatable bonds is 9. The fourth-order valence-corrected chi connectivity index (χ4v) is 2.05. The summed E-state index contributed by atoms with van der Waals surface area (Å²) in [5.41, 5.74) is 5.69. The molecule has 90 valence electrons. The molecule has 2 heteroatoms. The van der Waals surface area contributed by atoms with Gasteiger partial charge in [-0.15, -0.1) is 0 Å². The molecule has 0 aromatic rings. The van der Waals surface area contributed by atoms with E-state index >= 15 is 0 Å². The Hall–Kier alpha value is -0.0800. The van der Waals surface area contributed by atoms with E-state index in [0.717, 1.165) is 19.4 Å². The highest BCUT2D eigenvalue weighted by atomic mass is 16.5. The molecule has 2 nitrogen and oxygen atoms in total.